The van der Waals surface area contributed by atoms with Gasteiger partial charge in [-0.2, -0.15) is 0 Å². The molecule has 0 aliphatic carbocycles. The van der Waals surface area contributed by atoms with E-state index < -0.39 is 18.1 Å². The molecule has 8 heteroatoms. The molecule has 0 bridgehead atoms. The molecule has 5 N–H and O–H groups in total. The van der Waals surface area contributed by atoms with Crippen molar-refractivity contribution in [2.24, 2.45) is 5.73 Å². The number of aromatic hydroxyl groups is 1. The van der Waals surface area contributed by atoms with Crippen LogP contribution in [0.25, 0.3) is 0 Å². The zero-order valence-corrected chi connectivity index (χ0v) is 16.5. The Morgan fingerprint density at radius 3 is 2.20 bits per heavy atom. The molecule has 3 rings (SSSR count). The first-order valence-corrected chi connectivity index (χ1v) is 9.81. The van der Waals surface area contributed by atoms with Crippen LogP contribution >= 0.6 is 0 Å². The predicted octanol–water partition coefficient (Wildman–Crippen LogP) is 1.44. The third-order valence-electron chi connectivity index (χ3n) is 5.19. The van der Waals surface area contributed by atoms with Crippen molar-refractivity contribution < 1.29 is 19.8 Å². The molecular formula is C22H25N4O4. The second-order valence-electron chi connectivity index (χ2n) is 7.41. The molecule has 2 amide bonds. The molecule has 0 spiro atoms. The standard InChI is InChI=1S/C22H25N4O4/c23-20(24)15-3-5-16(6-4-15)21(29)25-19(13-14-1-7-17(27)8-2-14)22(30)26-11-9-18(28)10-12-26/h1-8,18-19,27H,9-13H2,(H3,23,24)(H,25,29). The van der Waals surface area contributed by atoms with Crippen LogP contribution in [0.4, 0.5) is 0 Å². The molecule has 0 saturated carbocycles. The van der Waals surface area contributed by atoms with Gasteiger partial charge < -0.3 is 21.1 Å². The van der Waals surface area contributed by atoms with Gasteiger partial charge in [-0.15, -0.1) is 0 Å². The fraction of sp³-hybridized carbons (Fsp3) is 0.318. The minimum atomic E-state index is -0.808. The molecule has 2 aromatic carbocycles. The average molecular weight is 409 g/mol. The predicted molar refractivity (Wildman–Crippen MR) is 111 cm³/mol. The second-order valence-corrected chi connectivity index (χ2v) is 7.41. The van der Waals surface area contributed by atoms with Crippen LogP contribution in [0.3, 0.4) is 0 Å². The van der Waals surface area contributed by atoms with Gasteiger partial charge in [-0.3, -0.25) is 15.0 Å². The van der Waals surface area contributed by atoms with Gasteiger partial charge in [-0.25, -0.2) is 5.11 Å². The van der Waals surface area contributed by atoms with E-state index in [0.29, 0.717) is 37.1 Å². The van der Waals surface area contributed by atoms with Crippen molar-refractivity contribution in [3.8, 4) is 5.75 Å². The van der Waals surface area contributed by atoms with Crippen LogP contribution in [-0.2, 0) is 16.3 Å². The molecule has 0 aromatic heterocycles. The van der Waals surface area contributed by atoms with Crippen molar-refractivity contribution in [1.29, 1.82) is 5.41 Å². The van der Waals surface area contributed by atoms with Gasteiger partial charge in [0.1, 0.15) is 17.6 Å². The maximum atomic E-state index is 13.1. The van der Waals surface area contributed by atoms with Gasteiger partial charge in [-0.1, -0.05) is 24.3 Å². The van der Waals surface area contributed by atoms with Crippen molar-refractivity contribution in [2.45, 2.75) is 31.4 Å². The molecule has 8 nitrogen and oxygen atoms in total. The zero-order valence-electron chi connectivity index (χ0n) is 16.5. The number of benzene rings is 2. The minimum Gasteiger partial charge on any atom is -0.508 e. The normalized spacial score (nSPS) is 15.4. The first kappa shape index (κ1) is 21.3. The quantitative estimate of drug-likeness (QED) is 0.423. The molecule has 30 heavy (non-hydrogen) atoms. The first-order chi connectivity index (χ1) is 14.3. The van der Waals surface area contributed by atoms with Gasteiger partial charge in [0.15, 0.2) is 0 Å². The Morgan fingerprint density at radius 1 is 1.07 bits per heavy atom. The molecule has 1 atom stereocenters. The molecule has 1 saturated heterocycles. The zero-order chi connectivity index (χ0) is 21.7. The highest BCUT2D eigenvalue weighted by Crippen LogP contribution is 2.16. The third kappa shape index (κ3) is 5.36. The Bertz CT molecular complexity index is 904. The van der Waals surface area contributed by atoms with E-state index in [0.717, 1.165) is 5.56 Å². The summed E-state index contributed by atoms with van der Waals surface area (Å²) in [5.74, 6) is -0.623. The average Bonchev–Trinajstić information content (AvgIpc) is 2.75. The Balaban J connectivity index is 1.77. The number of rotatable bonds is 6. The largest absolute Gasteiger partial charge is 0.508 e. The van der Waals surface area contributed by atoms with Crippen LogP contribution in [0.5, 0.6) is 5.75 Å². The number of phenolic OH excluding ortho intramolecular Hbond substituents is 1. The van der Waals surface area contributed by atoms with Crippen LogP contribution < -0.4 is 11.1 Å². The van der Waals surface area contributed by atoms with Crippen molar-refractivity contribution >= 4 is 17.6 Å². The lowest BCUT2D eigenvalue weighted by Gasteiger charge is -2.32. The number of hydrogen-bond acceptors (Lipinski definition) is 4. The lowest BCUT2D eigenvalue weighted by atomic mass is 10.0. The van der Waals surface area contributed by atoms with Crippen LogP contribution in [-0.4, -0.2) is 52.9 Å². The number of phenols is 1. The van der Waals surface area contributed by atoms with Crippen molar-refractivity contribution in [3.05, 3.63) is 65.2 Å². The van der Waals surface area contributed by atoms with Gasteiger partial charge in [0.05, 0.1) is 6.10 Å². The highest BCUT2D eigenvalue weighted by Gasteiger charge is 2.29. The molecule has 1 heterocycles. The summed E-state index contributed by atoms with van der Waals surface area (Å²) in [6, 6.07) is 11.9. The topological polar surface area (TPSA) is 139 Å². The summed E-state index contributed by atoms with van der Waals surface area (Å²) in [5.41, 5.74) is 7.08. The van der Waals surface area contributed by atoms with E-state index in [-0.39, 0.29) is 23.9 Å². The van der Waals surface area contributed by atoms with Gasteiger partial charge in [0.25, 0.3) is 5.91 Å². The lowest BCUT2D eigenvalue weighted by Crippen LogP contribution is -2.52. The first-order valence-electron chi connectivity index (χ1n) is 9.81. The number of carbonyl (C=O) groups is 2. The maximum absolute atomic E-state index is 13.1. The van der Waals surface area contributed by atoms with Crippen molar-refractivity contribution in [3.63, 3.8) is 0 Å². The number of hydrogen-bond donors (Lipinski definition) is 4. The fourth-order valence-electron chi connectivity index (χ4n) is 3.41. The van der Waals surface area contributed by atoms with Gasteiger partial charge in [0, 0.05) is 30.6 Å². The molecule has 157 valence electrons. The number of piperidine rings is 1. The SMILES string of the molecule is N=C(N)c1ccc(C(=O)NC(Cc2ccc(O)cc2)C(=O)N2CCC([O])CC2)cc1. The summed E-state index contributed by atoms with van der Waals surface area (Å²) in [5, 5.41) is 31.3. The van der Waals surface area contributed by atoms with E-state index in [1.807, 2.05) is 0 Å². The van der Waals surface area contributed by atoms with Crippen LogP contribution in [0.1, 0.15) is 34.3 Å². The van der Waals surface area contributed by atoms with E-state index >= 15 is 0 Å². The third-order valence-corrected chi connectivity index (χ3v) is 5.19. The molecule has 1 unspecified atom stereocenters. The molecule has 1 aliphatic rings. The summed E-state index contributed by atoms with van der Waals surface area (Å²) in [6.45, 7) is 0.754. The number of nitrogens with two attached hydrogens (primary N) is 1. The lowest BCUT2D eigenvalue weighted by molar-refractivity contribution is -0.135. The number of amides is 2. The molecule has 1 aliphatic heterocycles. The molecule has 2 aromatic rings. The number of amidine groups is 1. The number of nitrogens with one attached hydrogen (secondary N) is 2. The highest BCUT2D eigenvalue weighted by molar-refractivity contribution is 5.99. The van der Waals surface area contributed by atoms with E-state index in [9.17, 15) is 19.8 Å². The maximum Gasteiger partial charge on any atom is 0.251 e. The van der Waals surface area contributed by atoms with E-state index in [1.165, 1.54) is 12.1 Å². The summed E-state index contributed by atoms with van der Waals surface area (Å²) < 4.78 is 0. The van der Waals surface area contributed by atoms with Gasteiger partial charge in [-0.05, 0) is 42.7 Å². The summed E-state index contributed by atoms with van der Waals surface area (Å²) in [4.78, 5) is 27.5. The smallest absolute Gasteiger partial charge is 0.251 e. The van der Waals surface area contributed by atoms with E-state index in [1.54, 1.807) is 41.3 Å². The Labute approximate surface area is 174 Å². The number of carbonyl (C=O) groups excluding carboxylic acids is 2. The Morgan fingerprint density at radius 2 is 1.63 bits per heavy atom. The van der Waals surface area contributed by atoms with Crippen LogP contribution in [0.15, 0.2) is 48.5 Å². The fourth-order valence-corrected chi connectivity index (χ4v) is 3.41. The van der Waals surface area contributed by atoms with Crippen LogP contribution in [0.2, 0.25) is 0 Å². The second kappa shape index (κ2) is 9.41. The highest BCUT2D eigenvalue weighted by atomic mass is 16.3. The monoisotopic (exact) mass is 409 g/mol. The Hall–Kier alpha value is -3.39. The molecular weight excluding hydrogens is 384 g/mol. The molecule has 1 fully saturated rings. The van der Waals surface area contributed by atoms with E-state index in [2.05, 4.69) is 5.32 Å². The Kier molecular flexibility index (Phi) is 6.68. The summed E-state index contributed by atoms with van der Waals surface area (Å²) in [6.07, 6.45) is 0.406. The molecule has 1 radical (unpaired) electrons. The van der Waals surface area contributed by atoms with Crippen LogP contribution in [0, 0.1) is 5.41 Å². The van der Waals surface area contributed by atoms with E-state index in [4.69, 9.17) is 11.1 Å². The van der Waals surface area contributed by atoms with Gasteiger partial charge in [0.2, 0.25) is 5.91 Å². The van der Waals surface area contributed by atoms with Crippen molar-refractivity contribution in [2.75, 3.05) is 13.1 Å². The number of nitrogens with zero attached hydrogens (tertiary/aromatic N) is 1. The summed E-state index contributed by atoms with van der Waals surface area (Å²) in [7, 11) is 0. The van der Waals surface area contributed by atoms with Crippen molar-refractivity contribution in [1.82, 2.24) is 10.2 Å². The summed E-state index contributed by atoms with van der Waals surface area (Å²) >= 11 is 0. The number of likely N-dealkylation sites (tertiary alicyclic amines) is 1. The number of nitrogen functional groups attached to an aromatic ring is 1. The van der Waals surface area contributed by atoms with Gasteiger partial charge >= 0.3 is 0 Å². The minimum absolute atomic E-state index is 0.0934.